The Bertz CT molecular complexity index is 906. The van der Waals surface area contributed by atoms with Crippen molar-refractivity contribution >= 4 is 5.78 Å². The highest BCUT2D eigenvalue weighted by Crippen LogP contribution is 2.56. The fourth-order valence-corrected chi connectivity index (χ4v) is 7.85. The molecule has 192 valence electrons. The maximum Gasteiger partial charge on any atom is 0.159 e. The lowest BCUT2D eigenvalue weighted by Gasteiger charge is -2.50. The van der Waals surface area contributed by atoms with Crippen LogP contribution in [0.2, 0.25) is 0 Å². The second kappa shape index (κ2) is 10.8. The lowest BCUT2D eigenvalue weighted by molar-refractivity contribution is -0.131. The standard InChI is InChI=1S/C29H43N3O3/c30-18-20-5-4-6-22(15-20)21-12-9-19(10-13-21)11-14-24(33)28-29(23-7-2-1-3-8-23)17-26(35)25(34)16-27(29)31-32-28/h4-6,15,19,21,23,25-28,34-35H,1-3,7-14,16-18,30H2. The predicted molar refractivity (Wildman–Crippen MR) is 136 cm³/mol. The molecule has 35 heavy (non-hydrogen) atoms. The van der Waals surface area contributed by atoms with Gasteiger partial charge in [-0.1, -0.05) is 43.5 Å². The number of hydrogen-bond donors (Lipinski definition) is 3. The molecule has 1 aromatic carbocycles. The first-order valence-corrected chi connectivity index (χ1v) is 14.1. The number of carbonyl (C=O) groups is 1. The van der Waals surface area contributed by atoms with Gasteiger partial charge in [0, 0.05) is 24.8 Å². The van der Waals surface area contributed by atoms with Crippen molar-refractivity contribution in [3.8, 4) is 0 Å². The third-order valence-electron chi connectivity index (χ3n) is 9.90. The largest absolute Gasteiger partial charge is 0.390 e. The molecule has 0 radical (unpaired) electrons. The normalized spacial score (nSPS) is 37.8. The van der Waals surface area contributed by atoms with Crippen LogP contribution in [0.4, 0.5) is 0 Å². The molecule has 6 nitrogen and oxygen atoms in total. The average molecular weight is 482 g/mol. The summed E-state index contributed by atoms with van der Waals surface area (Å²) in [6.45, 7) is 0.586. The van der Waals surface area contributed by atoms with Gasteiger partial charge in [-0.05, 0) is 80.2 Å². The number of rotatable bonds is 7. The van der Waals surface area contributed by atoms with E-state index >= 15 is 0 Å². The molecule has 6 heteroatoms. The number of ketones is 1. The Morgan fingerprint density at radius 3 is 2.51 bits per heavy atom. The van der Waals surface area contributed by atoms with Gasteiger partial charge >= 0.3 is 0 Å². The monoisotopic (exact) mass is 481 g/mol. The minimum absolute atomic E-state index is 0.127. The van der Waals surface area contributed by atoms with Crippen molar-refractivity contribution in [2.75, 3.05) is 0 Å². The first kappa shape index (κ1) is 25.0. The quantitative estimate of drug-likeness (QED) is 0.506. The molecule has 0 saturated heterocycles. The number of aliphatic hydroxyl groups excluding tert-OH is 2. The first-order valence-electron chi connectivity index (χ1n) is 14.1. The molecule has 5 rings (SSSR count). The fourth-order valence-electron chi connectivity index (χ4n) is 7.85. The van der Waals surface area contributed by atoms with E-state index in [2.05, 4.69) is 34.5 Å². The van der Waals surface area contributed by atoms with E-state index in [1.54, 1.807) is 0 Å². The van der Waals surface area contributed by atoms with Crippen LogP contribution in [0.25, 0.3) is 0 Å². The van der Waals surface area contributed by atoms with E-state index in [1.807, 2.05) is 0 Å². The van der Waals surface area contributed by atoms with Crippen molar-refractivity contribution in [3.63, 3.8) is 0 Å². The molecule has 0 spiro atoms. The van der Waals surface area contributed by atoms with Crippen molar-refractivity contribution < 1.29 is 15.0 Å². The molecule has 1 aliphatic heterocycles. The molecule has 3 saturated carbocycles. The second-order valence-electron chi connectivity index (χ2n) is 11.8. The first-order chi connectivity index (χ1) is 17.0. The number of benzene rings is 1. The number of Topliss-reactive ketones (excluding diaryl/α,β-unsaturated/α-hetero) is 1. The summed E-state index contributed by atoms with van der Waals surface area (Å²) in [5.41, 5.74) is 8.05. The maximum absolute atomic E-state index is 13.6. The zero-order chi connectivity index (χ0) is 24.4. The molecular formula is C29H43N3O3. The Kier molecular flexibility index (Phi) is 7.71. The lowest BCUT2D eigenvalue weighted by atomic mass is 9.55. The Balaban J connectivity index is 1.20. The molecular weight excluding hydrogens is 438 g/mol. The van der Waals surface area contributed by atoms with Gasteiger partial charge < -0.3 is 15.9 Å². The molecule has 5 unspecified atom stereocenters. The predicted octanol–water partition coefficient (Wildman–Crippen LogP) is 5.05. The summed E-state index contributed by atoms with van der Waals surface area (Å²) < 4.78 is 0. The summed E-state index contributed by atoms with van der Waals surface area (Å²) in [5, 5.41) is 30.1. The molecule has 4 N–H and O–H groups in total. The Morgan fingerprint density at radius 2 is 1.77 bits per heavy atom. The van der Waals surface area contributed by atoms with Crippen molar-refractivity contribution in [2.24, 2.45) is 33.2 Å². The third-order valence-corrected chi connectivity index (χ3v) is 9.90. The molecule has 0 bridgehead atoms. The van der Waals surface area contributed by atoms with Crippen LogP contribution in [0.3, 0.4) is 0 Å². The van der Waals surface area contributed by atoms with Gasteiger partial charge in [0.1, 0.15) is 6.04 Å². The smallest absolute Gasteiger partial charge is 0.159 e. The van der Waals surface area contributed by atoms with Crippen molar-refractivity contribution in [2.45, 2.75) is 120 Å². The number of azo groups is 1. The summed E-state index contributed by atoms with van der Waals surface area (Å²) in [6.07, 6.45) is 11.3. The summed E-state index contributed by atoms with van der Waals surface area (Å²) >= 11 is 0. The van der Waals surface area contributed by atoms with Crippen LogP contribution < -0.4 is 5.73 Å². The van der Waals surface area contributed by atoms with Crippen molar-refractivity contribution in [1.82, 2.24) is 0 Å². The number of hydrogen-bond acceptors (Lipinski definition) is 6. The number of nitrogens with two attached hydrogens (primary N) is 1. The number of fused-ring (bicyclic) bond motifs is 1. The maximum atomic E-state index is 13.6. The minimum Gasteiger partial charge on any atom is -0.390 e. The van der Waals surface area contributed by atoms with Gasteiger partial charge in [-0.3, -0.25) is 4.79 Å². The molecule has 0 amide bonds. The van der Waals surface area contributed by atoms with Gasteiger partial charge in [0.05, 0.1) is 18.2 Å². The SMILES string of the molecule is NCc1cccc(C2CCC(CCC(=O)C3N=NC4CC(O)C(O)CC43C3CCCCC3)CC2)c1. The van der Waals surface area contributed by atoms with Gasteiger partial charge in [-0.2, -0.15) is 10.2 Å². The highest BCUT2D eigenvalue weighted by molar-refractivity contribution is 5.85. The fraction of sp³-hybridized carbons (Fsp3) is 0.759. The van der Waals surface area contributed by atoms with Crippen LogP contribution in [0.5, 0.6) is 0 Å². The Hall–Kier alpha value is -1.63. The highest BCUT2D eigenvalue weighted by atomic mass is 16.3. The molecule has 1 heterocycles. The van der Waals surface area contributed by atoms with E-state index in [-0.39, 0.29) is 17.2 Å². The van der Waals surface area contributed by atoms with Crippen LogP contribution in [0.1, 0.15) is 101 Å². The van der Waals surface area contributed by atoms with E-state index in [9.17, 15) is 15.0 Å². The Morgan fingerprint density at radius 1 is 1.00 bits per heavy atom. The van der Waals surface area contributed by atoms with Gasteiger partial charge in [0.15, 0.2) is 5.78 Å². The zero-order valence-corrected chi connectivity index (χ0v) is 21.0. The van der Waals surface area contributed by atoms with E-state index in [0.717, 1.165) is 32.1 Å². The molecule has 5 atom stereocenters. The average Bonchev–Trinajstić information content (AvgIpc) is 3.27. The van der Waals surface area contributed by atoms with Gasteiger partial charge in [-0.15, -0.1) is 0 Å². The molecule has 0 aromatic heterocycles. The molecule has 1 aromatic rings. The lowest BCUT2D eigenvalue weighted by Crippen LogP contribution is -2.57. The van der Waals surface area contributed by atoms with Crippen LogP contribution in [0.15, 0.2) is 34.5 Å². The van der Waals surface area contributed by atoms with Gasteiger partial charge in [0.2, 0.25) is 0 Å². The van der Waals surface area contributed by atoms with Crippen LogP contribution in [-0.4, -0.2) is 40.3 Å². The minimum atomic E-state index is -0.778. The molecule has 3 aliphatic carbocycles. The van der Waals surface area contributed by atoms with Crippen LogP contribution >= 0.6 is 0 Å². The van der Waals surface area contributed by atoms with Crippen LogP contribution in [0, 0.1) is 17.3 Å². The number of aliphatic hydroxyl groups is 2. The van der Waals surface area contributed by atoms with Crippen LogP contribution in [-0.2, 0) is 11.3 Å². The number of nitrogens with zero attached hydrogens (tertiary/aromatic N) is 2. The molecule has 3 fully saturated rings. The highest BCUT2D eigenvalue weighted by Gasteiger charge is 2.60. The van der Waals surface area contributed by atoms with E-state index in [0.29, 0.717) is 43.6 Å². The summed E-state index contributed by atoms with van der Waals surface area (Å²) in [4.78, 5) is 13.6. The summed E-state index contributed by atoms with van der Waals surface area (Å²) in [6, 6.07) is 8.14. The Labute approximate surface area is 209 Å². The topological polar surface area (TPSA) is 108 Å². The van der Waals surface area contributed by atoms with Crippen molar-refractivity contribution in [1.29, 1.82) is 0 Å². The number of carbonyl (C=O) groups excluding carboxylic acids is 1. The van der Waals surface area contributed by atoms with Crippen molar-refractivity contribution in [3.05, 3.63) is 35.4 Å². The van der Waals surface area contributed by atoms with E-state index in [4.69, 9.17) is 5.73 Å². The third kappa shape index (κ3) is 4.99. The van der Waals surface area contributed by atoms with E-state index < -0.39 is 18.2 Å². The summed E-state index contributed by atoms with van der Waals surface area (Å²) in [5.74, 6) is 1.77. The van der Waals surface area contributed by atoms with Gasteiger partial charge in [-0.25, -0.2) is 0 Å². The summed E-state index contributed by atoms with van der Waals surface area (Å²) in [7, 11) is 0. The van der Waals surface area contributed by atoms with E-state index in [1.165, 1.54) is 43.2 Å². The van der Waals surface area contributed by atoms with Gasteiger partial charge in [0.25, 0.3) is 0 Å². The second-order valence-corrected chi connectivity index (χ2v) is 11.8. The zero-order valence-electron chi connectivity index (χ0n) is 21.0. The molecule has 4 aliphatic rings.